The van der Waals surface area contributed by atoms with Crippen molar-refractivity contribution in [2.75, 3.05) is 13.2 Å². The van der Waals surface area contributed by atoms with Crippen LogP contribution in [0.3, 0.4) is 0 Å². The van der Waals surface area contributed by atoms with Crippen LogP contribution in [0.5, 0.6) is 0 Å². The van der Waals surface area contributed by atoms with E-state index in [1.54, 1.807) is 0 Å². The van der Waals surface area contributed by atoms with Crippen molar-refractivity contribution in [3.63, 3.8) is 0 Å². The molecule has 0 aromatic rings. The Morgan fingerprint density at radius 3 is 2.43 bits per heavy atom. The van der Waals surface area contributed by atoms with E-state index in [0.717, 1.165) is 6.08 Å². The van der Waals surface area contributed by atoms with Crippen LogP contribution in [-0.4, -0.2) is 13.2 Å². The summed E-state index contributed by atoms with van der Waals surface area (Å²) >= 11 is 0. The van der Waals surface area contributed by atoms with E-state index >= 15 is 0 Å². The van der Waals surface area contributed by atoms with Gasteiger partial charge in [0, 0.05) is 6.54 Å². The van der Waals surface area contributed by atoms with Crippen molar-refractivity contribution in [1.29, 1.82) is 0 Å². The molecule has 2 N–H and O–H groups in total. The number of nitrogens with two attached hydrogens (primary N) is 1. The second-order valence-corrected chi connectivity index (χ2v) is 1.02. The molecular formula is C4H7F2N. The fourth-order valence-electron chi connectivity index (χ4n) is 0.182. The summed E-state index contributed by atoms with van der Waals surface area (Å²) in [6.45, 7) is -0.979. The van der Waals surface area contributed by atoms with E-state index in [2.05, 4.69) is 0 Å². The maximum Gasteiger partial charge on any atom is 0.141 e. The van der Waals surface area contributed by atoms with Crippen LogP contribution in [0, 0.1) is 0 Å². The molecule has 0 fully saturated rings. The molecule has 42 valence electrons. The van der Waals surface area contributed by atoms with Gasteiger partial charge in [0.15, 0.2) is 0 Å². The molecule has 0 rings (SSSR count). The van der Waals surface area contributed by atoms with E-state index < -0.39 is 12.5 Å². The van der Waals surface area contributed by atoms with Crippen LogP contribution in [0.2, 0.25) is 0 Å². The highest BCUT2D eigenvalue weighted by molar-refractivity contribution is 4.91. The summed E-state index contributed by atoms with van der Waals surface area (Å²) in [4.78, 5) is 0. The quantitative estimate of drug-likeness (QED) is 0.554. The molecule has 0 bridgehead atoms. The van der Waals surface area contributed by atoms with Crippen LogP contribution < -0.4 is 5.73 Å². The van der Waals surface area contributed by atoms with Crippen LogP contribution in [0.1, 0.15) is 0 Å². The van der Waals surface area contributed by atoms with E-state index in [0.29, 0.717) is 0 Å². The molecule has 0 unspecified atom stereocenters. The van der Waals surface area contributed by atoms with E-state index in [1.165, 1.54) is 0 Å². The molecule has 0 aliphatic rings. The maximum absolute atomic E-state index is 11.5. The zero-order valence-corrected chi connectivity index (χ0v) is 3.82. The van der Waals surface area contributed by atoms with Crippen molar-refractivity contribution in [3.05, 3.63) is 11.9 Å². The van der Waals surface area contributed by atoms with E-state index in [4.69, 9.17) is 5.73 Å². The van der Waals surface area contributed by atoms with Gasteiger partial charge >= 0.3 is 0 Å². The first kappa shape index (κ1) is 6.56. The Hall–Kier alpha value is -0.440. The lowest BCUT2D eigenvalue weighted by atomic mass is 10.5. The molecule has 0 aromatic heterocycles. The van der Waals surface area contributed by atoms with Gasteiger partial charge in [-0.2, -0.15) is 0 Å². The molecule has 1 nitrogen and oxygen atoms in total. The van der Waals surface area contributed by atoms with Crippen LogP contribution in [0.4, 0.5) is 8.78 Å². The average Bonchev–Trinajstić information content (AvgIpc) is 1.68. The third-order valence-corrected chi connectivity index (χ3v) is 0.467. The topological polar surface area (TPSA) is 26.0 Å². The normalized spacial score (nSPS) is 12.1. The lowest BCUT2D eigenvalue weighted by Gasteiger charge is -1.81. The minimum Gasteiger partial charge on any atom is -0.327 e. The molecule has 0 atom stereocenters. The zero-order chi connectivity index (χ0) is 5.70. The number of allylic oxidation sites excluding steroid dienone is 1. The van der Waals surface area contributed by atoms with Gasteiger partial charge in [-0.3, -0.25) is 0 Å². The van der Waals surface area contributed by atoms with Crippen LogP contribution in [0.15, 0.2) is 11.9 Å². The predicted molar refractivity (Wildman–Crippen MR) is 24.2 cm³/mol. The summed E-state index contributed by atoms with van der Waals surface area (Å²) in [5.74, 6) is -0.789. The number of rotatable bonds is 2. The molecule has 0 saturated heterocycles. The van der Waals surface area contributed by atoms with Gasteiger partial charge in [-0.25, -0.2) is 8.78 Å². The highest BCUT2D eigenvalue weighted by Crippen LogP contribution is 1.92. The van der Waals surface area contributed by atoms with Gasteiger partial charge in [0.1, 0.15) is 12.5 Å². The molecule has 0 aliphatic heterocycles. The lowest BCUT2D eigenvalue weighted by molar-refractivity contribution is 0.458. The maximum atomic E-state index is 11.5. The minimum absolute atomic E-state index is 0.0652. The Labute approximate surface area is 40.8 Å². The highest BCUT2D eigenvalue weighted by Gasteiger charge is 1.86. The van der Waals surface area contributed by atoms with Crippen molar-refractivity contribution in [2.24, 2.45) is 5.73 Å². The van der Waals surface area contributed by atoms with E-state index in [-0.39, 0.29) is 6.54 Å². The molecule has 3 heteroatoms. The number of hydrogen-bond donors (Lipinski definition) is 1. The Balaban J connectivity index is 3.29. The van der Waals surface area contributed by atoms with Gasteiger partial charge in [0.25, 0.3) is 0 Å². The largest absolute Gasteiger partial charge is 0.327 e. The summed E-state index contributed by atoms with van der Waals surface area (Å²) in [5, 5.41) is 0. The molecule has 0 aromatic carbocycles. The molecule has 0 heterocycles. The third kappa shape index (κ3) is 3.39. The van der Waals surface area contributed by atoms with E-state index in [1.807, 2.05) is 0 Å². The van der Waals surface area contributed by atoms with Crippen molar-refractivity contribution in [2.45, 2.75) is 0 Å². The first-order chi connectivity index (χ1) is 3.31. The van der Waals surface area contributed by atoms with Crippen LogP contribution >= 0.6 is 0 Å². The standard InChI is InChI=1S/C4H7F2N/c5-3-4(6)1-2-7/h1H,2-3,7H2. The molecule has 0 aliphatic carbocycles. The monoisotopic (exact) mass is 107 g/mol. The van der Waals surface area contributed by atoms with Crippen molar-refractivity contribution in [3.8, 4) is 0 Å². The average molecular weight is 107 g/mol. The van der Waals surface area contributed by atoms with Crippen LogP contribution in [0.25, 0.3) is 0 Å². The summed E-state index contributed by atoms with van der Waals surface area (Å²) < 4.78 is 22.6. The summed E-state index contributed by atoms with van der Waals surface area (Å²) in [5.41, 5.74) is 4.82. The van der Waals surface area contributed by atoms with Gasteiger partial charge in [-0.1, -0.05) is 0 Å². The Bertz CT molecular complexity index is 70.1. The van der Waals surface area contributed by atoms with Crippen molar-refractivity contribution >= 4 is 0 Å². The molecular weight excluding hydrogens is 100 g/mol. The summed E-state index contributed by atoms with van der Waals surface area (Å²) in [6.07, 6.45) is 1.00. The predicted octanol–water partition coefficient (Wildman–Crippen LogP) is 0.768. The van der Waals surface area contributed by atoms with Gasteiger partial charge in [-0.05, 0) is 6.08 Å². The van der Waals surface area contributed by atoms with E-state index in [9.17, 15) is 8.78 Å². The second kappa shape index (κ2) is 3.74. The highest BCUT2D eigenvalue weighted by atomic mass is 19.2. The Kier molecular flexibility index (Phi) is 3.50. The first-order valence-electron chi connectivity index (χ1n) is 1.91. The minimum atomic E-state index is -1.04. The summed E-state index contributed by atoms with van der Waals surface area (Å²) in [7, 11) is 0. The van der Waals surface area contributed by atoms with Gasteiger partial charge in [0.05, 0.1) is 0 Å². The second-order valence-electron chi connectivity index (χ2n) is 1.02. The van der Waals surface area contributed by atoms with Crippen LogP contribution in [-0.2, 0) is 0 Å². The molecule has 7 heavy (non-hydrogen) atoms. The molecule has 0 radical (unpaired) electrons. The Morgan fingerprint density at radius 2 is 2.29 bits per heavy atom. The summed E-state index contributed by atoms with van der Waals surface area (Å²) in [6, 6.07) is 0. The van der Waals surface area contributed by atoms with Gasteiger partial charge < -0.3 is 5.73 Å². The fraction of sp³-hybridized carbons (Fsp3) is 0.500. The molecule has 0 amide bonds. The first-order valence-corrected chi connectivity index (χ1v) is 1.91. The van der Waals surface area contributed by atoms with Crippen molar-refractivity contribution in [1.82, 2.24) is 0 Å². The smallest absolute Gasteiger partial charge is 0.141 e. The number of hydrogen-bond acceptors (Lipinski definition) is 1. The SMILES string of the molecule is NCC=C(F)CF. The Morgan fingerprint density at radius 1 is 1.71 bits per heavy atom. The fourth-order valence-corrected chi connectivity index (χ4v) is 0.182. The molecule has 0 spiro atoms. The van der Waals surface area contributed by atoms with Crippen molar-refractivity contribution < 1.29 is 8.78 Å². The zero-order valence-electron chi connectivity index (χ0n) is 3.82. The molecule has 0 saturated carbocycles. The van der Waals surface area contributed by atoms with Gasteiger partial charge in [0.2, 0.25) is 0 Å². The number of halogens is 2. The van der Waals surface area contributed by atoms with Gasteiger partial charge in [-0.15, -0.1) is 0 Å². The third-order valence-electron chi connectivity index (χ3n) is 0.467. The lowest BCUT2D eigenvalue weighted by Crippen LogP contribution is -1.94. The number of alkyl halides is 1.